The van der Waals surface area contributed by atoms with Gasteiger partial charge in [-0.1, -0.05) is 0 Å². The van der Waals surface area contributed by atoms with Gasteiger partial charge in [0.2, 0.25) is 5.95 Å². The summed E-state index contributed by atoms with van der Waals surface area (Å²) in [5.41, 5.74) is 0.751. The number of nitrogens with zero attached hydrogens (tertiary/aromatic N) is 4. The number of hydrogen-bond donors (Lipinski definition) is 1. The average Bonchev–Trinajstić information content (AvgIpc) is 3.31. The average molecular weight is 509 g/mol. The molecule has 10 heteroatoms. The number of halogens is 1. The second-order valence-corrected chi connectivity index (χ2v) is 6.99. The number of amides is 1. The number of carbonyl (C=O) groups excluding carboxylic acids is 1. The molecule has 3 aromatic rings. The van der Waals surface area contributed by atoms with Crippen LogP contribution in [0.2, 0.25) is 0 Å². The van der Waals surface area contributed by atoms with Crippen molar-refractivity contribution >= 4 is 51.4 Å². The van der Waals surface area contributed by atoms with Crippen molar-refractivity contribution in [3.05, 3.63) is 36.3 Å². The largest absolute Gasteiger partial charge is 0.493 e. The van der Waals surface area contributed by atoms with Gasteiger partial charge in [-0.15, -0.1) is 0 Å². The minimum Gasteiger partial charge on any atom is -0.493 e. The second kappa shape index (κ2) is 8.31. The smallest absolute Gasteiger partial charge is 0.289 e. The number of rotatable bonds is 5. The van der Waals surface area contributed by atoms with E-state index in [1.54, 1.807) is 31.3 Å². The van der Waals surface area contributed by atoms with Crippen LogP contribution in [0.4, 0.5) is 11.8 Å². The summed E-state index contributed by atoms with van der Waals surface area (Å²) >= 11 is 2.05. The summed E-state index contributed by atoms with van der Waals surface area (Å²) in [4.78, 5) is 25.7. The predicted octanol–water partition coefficient (Wildman–Crippen LogP) is 2.96. The Hall–Kier alpha value is -2.76. The van der Waals surface area contributed by atoms with Crippen molar-refractivity contribution in [2.75, 3.05) is 48.8 Å². The molecule has 1 aliphatic rings. The van der Waals surface area contributed by atoms with Gasteiger partial charge in [0.1, 0.15) is 5.82 Å². The molecule has 0 saturated carbocycles. The number of ether oxygens (including phenoxy) is 2. The van der Waals surface area contributed by atoms with Gasteiger partial charge in [0.05, 0.1) is 48.9 Å². The Bertz CT molecular complexity index is 1020. The number of methoxy groups -OCH3 is 2. The topological polar surface area (TPSA) is 93.0 Å². The zero-order chi connectivity index (χ0) is 20.4. The maximum atomic E-state index is 12.5. The summed E-state index contributed by atoms with van der Waals surface area (Å²) in [5.74, 6) is 2.79. The first-order valence-corrected chi connectivity index (χ1v) is 10.1. The SMILES string of the molecule is COc1cc2nc(N3CCN(C(=O)c4ccco4)CC3)nc(NI)c2cc1OC. The standard InChI is InChI=1S/C19H20IN5O4/c1-27-15-10-12-13(11-16(15)28-2)21-19(22-17(12)23-20)25-7-5-24(6-8-25)18(26)14-4-3-9-29-14/h3-4,9-11H,5-8H2,1-2H3,(H,21,22,23). The number of nitrogens with one attached hydrogen (secondary N) is 1. The van der Waals surface area contributed by atoms with Gasteiger partial charge in [-0.05, 0) is 18.2 Å². The van der Waals surface area contributed by atoms with Gasteiger partial charge in [-0.2, -0.15) is 4.98 Å². The van der Waals surface area contributed by atoms with E-state index in [0.29, 0.717) is 55.2 Å². The number of fused-ring (bicyclic) bond motifs is 1. The van der Waals surface area contributed by atoms with Crippen LogP contribution in [-0.2, 0) is 0 Å². The third-order valence-corrected chi connectivity index (χ3v) is 5.37. The number of furan rings is 1. The number of piperazine rings is 1. The molecule has 0 aliphatic carbocycles. The highest BCUT2D eigenvalue weighted by Crippen LogP contribution is 2.35. The van der Waals surface area contributed by atoms with Gasteiger partial charge in [0.15, 0.2) is 17.3 Å². The molecule has 152 valence electrons. The molecular formula is C19H20IN5O4. The van der Waals surface area contributed by atoms with Crippen LogP contribution in [0.15, 0.2) is 34.9 Å². The van der Waals surface area contributed by atoms with E-state index in [2.05, 4.69) is 36.3 Å². The fraction of sp³-hybridized carbons (Fsp3) is 0.316. The number of benzene rings is 1. The van der Waals surface area contributed by atoms with Gasteiger partial charge >= 0.3 is 0 Å². The first kappa shape index (κ1) is 19.6. The number of hydrogen-bond acceptors (Lipinski definition) is 8. The lowest BCUT2D eigenvalue weighted by Crippen LogP contribution is -2.49. The summed E-state index contributed by atoms with van der Waals surface area (Å²) in [6, 6.07) is 7.10. The molecule has 0 spiro atoms. The van der Waals surface area contributed by atoms with Crippen LogP contribution in [0.25, 0.3) is 10.9 Å². The van der Waals surface area contributed by atoms with Gasteiger partial charge in [0.25, 0.3) is 5.91 Å². The van der Waals surface area contributed by atoms with Crippen molar-refractivity contribution < 1.29 is 18.7 Å². The zero-order valence-corrected chi connectivity index (χ0v) is 18.2. The Kier molecular flexibility index (Phi) is 5.60. The fourth-order valence-electron chi connectivity index (χ4n) is 3.32. The summed E-state index contributed by atoms with van der Waals surface area (Å²) < 4.78 is 19.1. The number of aromatic nitrogens is 2. The lowest BCUT2D eigenvalue weighted by molar-refractivity contribution is 0.0714. The number of carbonyl (C=O) groups is 1. The van der Waals surface area contributed by atoms with Gasteiger partial charge < -0.3 is 27.2 Å². The highest BCUT2D eigenvalue weighted by Gasteiger charge is 2.25. The van der Waals surface area contributed by atoms with Crippen LogP contribution >= 0.6 is 22.9 Å². The van der Waals surface area contributed by atoms with Gasteiger partial charge in [0, 0.05) is 37.6 Å². The molecule has 1 N–H and O–H groups in total. The van der Waals surface area contributed by atoms with E-state index < -0.39 is 0 Å². The molecule has 0 bridgehead atoms. The number of anilines is 2. The summed E-state index contributed by atoms with van der Waals surface area (Å²) in [6.07, 6.45) is 1.51. The quantitative estimate of drug-likeness (QED) is 0.415. The Morgan fingerprint density at radius 1 is 1.14 bits per heavy atom. The van der Waals surface area contributed by atoms with E-state index in [1.807, 2.05) is 12.1 Å². The van der Waals surface area contributed by atoms with E-state index in [9.17, 15) is 4.79 Å². The van der Waals surface area contributed by atoms with Crippen molar-refractivity contribution in [2.45, 2.75) is 0 Å². The van der Waals surface area contributed by atoms with Crippen LogP contribution in [-0.4, -0.2) is 61.2 Å². The van der Waals surface area contributed by atoms with Crippen molar-refractivity contribution in [1.82, 2.24) is 14.9 Å². The highest BCUT2D eigenvalue weighted by molar-refractivity contribution is 14.1. The molecule has 0 radical (unpaired) electrons. The molecule has 9 nitrogen and oxygen atoms in total. The maximum absolute atomic E-state index is 12.5. The molecule has 1 aliphatic heterocycles. The normalized spacial score (nSPS) is 14.2. The van der Waals surface area contributed by atoms with Crippen molar-refractivity contribution in [1.29, 1.82) is 0 Å². The fourth-order valence-corrected chi connectivity index (χ4v) is 3.73. The monoisotopic (exact) mass is 509 g/mol. The maximum Gasteiger partial charge on any atom is 0.289 e. The van der Waals surface area contributed by atoms with E-state index in [4.69, 9.17) is 18.9 Å². The Balaban J connectivity index is 1.59. The molecule has 1 aromatic carbocycles. The third kappa shape index (κ3) is 3.76. The second-order valence-electron chi connectivity index (χ2n) is 6.45. The lowest BCUT2D eigenvalue weighted by Gasteiger charge is -2.34. The summed E-state index contributed by atoms with van der Waals surface area (Å²) in [6.45, 7) is 2.40. The van der Waals surface area contributed by atoms with Gasteiger partial charge in [-0.3, -0.25) is 4.79 Å². The van der Waals surface area contributed by atoms with E-state index in [0.717, 1.165) is 10.9 Å². The van der Waals surface area contributed by atoms with E-state index >= 15 is 0 Å². The van der Waals surface area contributed by atoms with Crippen molar-refractivity contribution in [2.24, 2.45) is 0 Å². The van der Waals surface area contributed by atoms with E-state index in [1.165, 1.54) is 6.26 Å². The first-order chi connectivity index (χ1) is 14.1. The molecule has 29 heavy (non-hydrogen) atoms. The Morgan fingerprint density at radius 2 is 1.86 bits per heavy atom. The molecule has 2 aromatic heterocycles. The predicted molar refractivity (Wildman–Crippen MR) is 117 cm³/mol. The molecule has 1 saturated heterocycles. The minimum atomic E-state index is -0.0967. The molecule has 0 atom stereocenters. The lowest BCUT2D eigenvalue weighted by atomic mass is 10.2. The van der Waals surface area contributed by atoms with Crippen LogP contribution in [0.5, 0.6) is 11.5 Å². The summed E-state index contributed by atoms with van der Waals surface area (Å²) in [5, 5.41) is 0.840. The van der Waals surface area contributed by atoms with E-state index in [-0.39, 0.29) is 5.91 Å². The molecule has 3 heterocycles. The molecule has 0 unspecified atom stereocenters. The van der Waals surface area contributed by atoms with Crippen LogP contribution < -0.4 is 17.9 Å². The van der Waals surface area contributed by atoms with Crippen molar-refractivity contribution in [3.63, 3.8) is 0 Å². The van der Waals surface area contributed by atoms with Crippen molar-refractivity contribution in [3.8, 4) is 11.5 Å². The van der Waals surface area contributed by atoms with Crippen LogP contribution in [0.3, 0.4) is 0 Å². The first-order valence-electron chi connectivity index (χ1n) is 9.02. The third-order valence-electron chi connectivity index (χ3n) is 4.86. The summed E-state index contributed by atoms with van der Waals surface area (Å²) in [7, 11) is 3.19. The highest BCUT2D eigenvalue weighted by atomic mass is 127. The Labute approximate surface area is 181 Å². The minimum absolute atomic E-state index is 0.0967. The van der Waals surface area contributed by atoms with Crippen LogP contribution in [0.1, 0.15) is 10.6 Å². The molecule has 4 rings (SSSR count). The molecule has 1 amide bonds. The zero-order valence-electron chi connectivity index (χ0n) is 16.0. The van der Waals surface area contributed by atoms with Crippen LogP contribution in [0, 0.1) is 0 Å². The molecular weight excluding hydrogens is 489 g/mol. The molecule has 1 fully saturated rings. The Morgan fingerprint density at radius 3 is 2.48 bits per heavy atom. The van der Waals surface area contributed by atoms with Gasteiger partial charge in [-0.25, -0.2) is 4.98 Å².